The van der Waals surface area contributed by atoms with Gasteiger partial charge >= 0.3 is 18.3 Å². The van der Waals surface area contributed by atoms with Gasteiger partial charge in [-0.2, -0.15) is 26.3 Å². The molecule has 1 amide bonds. The van der Waals surface area contributed by atoms with Crippen LogP contribution < -0.4 is 10.3 Å². The van der Waals surface area contributed by atoms with Gasteiger partial charge < -0.3 is 14.7 Å². The second-order valence-electron chi connectivity index (χ2n) is 11.6. The average Bonchev–Trinajstić information content (AvgIpc) is 3.06. The van der Waals surface area contributed by atoms with Gasteiger partial charge in [0.1, 0.15) is 17.4 Å². The number of carbonyl (C=O) groups excluding carboxylic acids is 1. The standard InChI is InChI=1S/C33H33F4N3O3.C2HF3O2/c1-3-43-25-16-14-24(15-17-25)40-31(38-29-12-8-7-11-26(29)32(40)42)21(2)39(23-9-5-4-6-10-23)30(41)20-22-13-18-28(34)27(19-22)33(35,36)37;3-2(4,5)1(6)7/h7-8,11-19,21,23H,3-6,9-10,20H2,1-2H3;(H,6,7)/t21-;/m1./s1. The predicted octanol–water partition coefficient (Wildman–Crippen LogP) is 8.04. The Kier molecular flexibility index (Phi) is 11.9. The lowest BCUT2D eigenvalue weighted by molar-refractivity contribution is -0.192. The van der Waals surface area contributed by atoms with E-state index < -0.39 is 41.7 Å². The van der Waals surface area contributed by atoms with Crippen molar-refractivity contribution in [3.05, 3.63) is 99.9 Å². The first-order chi connectivity index (χ1) is 23.5. The van der Waals surface area contributed by atoms with Gasteiger partial charge in [0, 0.05) is 6.04 Å². The third-order valence-corrected chi connectivity index (χ3v) is 8.19. The molecule has 1 aliphatic carbocycles. The number of aliphatic carboxylic acids is 1. The summed E-state index contributed by atoms with van der Waals surface area (Å²) in [6, 6.07) is 15.7. The number of alkyl halides is 6. The average molecular weight is 710 g/mol. The normalized spacial score (nSPS) is 14.4. The van der Waals surface area contributed by atoms with Crippen LogP contribution in [-0.4, -0.2) is 50.3 Å². The minimum atomic E-state index is -5.08. The van der Waals surface area contributed by atoms with E-state index in [0.717, 1.165) is 25.3 Å². The van der Waals surface area contributed by atoms with Gasteiger partial charge in [-0.05, 0) is 80.8 Å². The fraction of sp³-hybridized carbons (Fsp3) is 0.371. The van der Waals surface area contributed by atoms with Crippen molar-refractivity contribution in [2.75, 3.05) is 6.61 Å². The first-order valence-corrected chi connectivity index (χ1v) is 15.7. The lowest BCUT2D eigenvalue weighted by Crippen LogP contribution is -2.45. The van der Waals surface area contributed by atoms with Crippen LogP contribution in [0, 0.1) is 5.82 Å². The molecule has 0 radical (unpaired) electrons. The first-order valence-electron chi connectivity index (χ1n) is 15.7. The Morgan fingerprint density at radius 2 is 1.60 bits per heavy atom. The molecule has 3 aromatic carbocycles. The van der Waals surface area contributed by atoms with Crippen LogP contribution in [-0.2, 0) is 22.2 Å². The van der Waals surface area contributed by atoms with Crippen molar-refractivity contribution >= 4 is 22.8 Å². The number of carboxylic acids is 1. The number of aromatic nitrogens is 2. The molecule has 0 spiro atoms. The Balaban J connectivity index is 0.000000727. The first kappa shape index (κ1) is 37.9. The molecular formula is C35H34F7N3O5. The number of fused-ring (bicyclic) bond motifs is 1. The summed E-state index contributed by atoms with van der Waals surface area (Å²) in [4.78, 5) is 43.4. The Labute approximate surface area is 282 Å². The van der Waals surface area contributed by atoms with E-state index in [1.807, 2.05) is 6.92 Å². The number of ether oxygens (including phenoxy) is 1. The molecule has 0 unspecified atom stereocenters. The second-order valence-corrected chi connectivity index (χ2v) is 11.6. The molecule has 1 N–H and O–H groups in total. The van der Waals surface area contributed by atoms with E-state index >= 15 is 0 Å². The number of para-hydroxylation sites is 1. The molecule has 5 rings (SSSR count). The summed E-state index contributed by atoms with van der Waals surface area (Å²) >= 11 is 0. The van der Waals surface area contributed by atoms with E-state index in [1.165, 1.54) is 10.6 Å². The fourth-order valence-corrected chi connectivity index (χ4v) is 5.92. The zero-order valence-corrected chi connectivity index (χ0v) is 27.0. The van der Waals surface area contributed by atoms with Gasteiger partial charge in [-0.1, -0.05) is 37.5 Å². The van der Waals surface area contributed by atoms with Gasteiger partial charge in [-0.25, -0.2) is 14.2 Å². The fourth-order valence-electron chi connectivity index (χ4n) is 5.92. The van der Waals surface area contributed by atoms with Crippen LogP contribution in [0.3, 0.4) is 0 Å². The van der Waals surface area contributed by atoms with E-state index in [0.29, 0.717) is 53.7 Å². The molecule has 1 saturated carbocycles. The summed E-state index contributed by atoms with van der Waals surface area (Å²) in [7, 11) is 0. The molecule has 0 aliphatic heterocycles. The van der Waals surface area contributed by atoms with Crippen molar-refractivity contribution < 1.29 is 50.2 Å². The number of nitrogens with zero attached hydrogens (tertiary/aromatic N) is 3. The molecule has 4 aromatic rings. The largest absolute Gasteiger partial charge is 0.494 e. The van der Waals surface area contributed by atoms with E-state index in [-0.39, 0.29) is 23.6 Å². The molecule has 1 heterocycles. The van der Waals surface area contributed by atoms with Crippen LogP contribution in [0.2, 0.25) is 0 Å². The summed E-state index contributed by atoms with van der Waals surface area (Å²) in [6.45, 7) is 4.15. The highest BCUT2D eigenvalue weighted by Gasteiger charge is 2.38. The zero-order chi connectivity index (χ0) is 36.8. The zero-order valence-electron chi connectivity index (χ0n) is 27.0. The SMILES string of the molecule is CCOc1ccc(-n2c([C@@H](C)N(C(=O)Cc3ccc(F)c(C(F)(F)F)c3)C3CCCCC3)nc3ccccc3c2=O)cc1.O=C(O)C(F)(F)F. The minimum absolute atomic E-state index is 0.0575. The van der Waals surface area contributed by atoms with Crippen LogP contribution in [0.15, 0.2) is 71.5 Å². The third-order valence-electron chi connectivity index (χ3n) is 8.19. The van der Waals surface area contributed by atoms with Crippen molar-refractivity contribution in [3.8, 4) is 11.4 Å². The van der Waals surface area contributed by atoms with E-state index in [2.05, 4.69) is 0 Å². The van der Waals surface area contributed by atoms with Crippen LogP contribution in [0.4, 0.5) is 30.7 Å². The number of rotatable bonds is 8. The molecular weight excluding hydrogens is 675 g/mol. The summed E-state index contributed by atoms with van der Waals surface area (Å²) in [5.41, 5.74) is -0.641. The molecule has 50 heavy (non-hydrogen) atoms. The lowest BCUT2D eigenvalue weighted by Gasteiger charge is -2.39. The topological polar surface area (TPSA) is 102 Å². The van der Waals surface area contributed by atoms with Crippen molar-refractivity contribution in [2.24, 2.45) is 0 Å². The van der Waals surface area contributed by atoms with Gasteiger partial charge in [-0.15, -0.1) is 0 Å². The van der Waals surface area contributed by atoms with Gasteiger partial charge in [0.2, 0.25) is 5.91 Å². The molecule has 8 nitrogen and oxygen atoms in total. The van der Waals surface area contributed by atoms with E-state index in [1.54, 1.807) is 60.4 Å². The summed E-state index contributed by atoms with van der Waals surface area (Å²) in [5.74, 6) is -3.59. The smallest absolute Gasteiger partial charge is 0.490 e. The molecule has 1 fully saturated rings. The van der Waals surface area contributed by atoms with Crippen LogP contribution in [0.1, 0.15) is 68.9 Å². The van der Waals surface area contributed by atoms with Crippen molar-refractivity contribution in [3.63, 3.8) is 0 Å². The molecule has 1 atom stereocenters. The van der Waals surface area contributed by atoms with Crippen molar-refractivity contribution in [2.45, 2.75) is 76.8 Å². The predicted molar refractivity (Wildman–Crippen MR) is 169 cm³/mol. The van der Waals surface area contributed by atoms with Crippen LogP contribution in [0.5, 0.6) is 5.75 Å². The third kappa shape index (κ3) is 8.98. The molecule has 0 bridgehead atoms. The number of carboxylic acid groups (broad SMARTS) is 1. The number of hydrogen-bond acceptors (Lipinski definition) is 5. The Morgan fingerprint density at radius 3 is 2.18 bits per heavy atom. The minimum Gasteiger partial charge on any atom is -0.494 e. The second kappa shape index (κ2) is 15.7. The number of benzene rings is 3. The number of carbonyl (C=O) groups is 2. The Hall–Kier alpha value is -4.95. The van der Waals surface area contributed by atoms with Crippen molar-refractivity contribution in [1.29, 1.82) is 0 Å². The Morgan fingerprint density at radius 1 is 0.980 bits per heavy atom. The highest BCUT2D eigenvalue weighted by molar-refractivity contribution is 5.80. The monoisotopic (exact) mass is 709 g/mol. The summed E-state index contributed by atoms with van der Waals surface area (Å²) in [6.07, 6.45) is -6.08. The Bertz CT molecular complexity index is 1870. The quantitative estimate of drug-likeness (QED) is 0.186. The summed E-state index contributed by atoms with van der Waals surface area (Å²) < 4.78 is 93.0. The van der Waals surface area contributed by atoms with E-state index in [9.17, 15) is 40.3 Å². The molecule has 15 heteroatoms. The maximum Gasteiger partial charge on any atom is 0.490 e. The lowest BCUT2D eigenvalue weighted by atomic mass is 9.92. The summed E-state index contributed by atoms with van der Waals surface area (Å²) in [5, 5.41) is 7.54. The highest BCUT2D eigenvalue weighted by Crippen LogP contribution is 2.34. The van der Waals surface area contributed by atoms with Gasteiger partial charge in [-0.3, -0.25) is 14.2 Å². The molecule has 1 aromatic heterocycles. The van der Waals surface area contributed by atoms with Gasteiger partial charge in [0.15, 0.2) is 0 Å². The highest BCUT2D eigenvalue weighted by atomic mass is 19.4. The van der Waals surface area contributed by atoms with Crippen molar-refractivity contribution in [1.82, 2.24) is 14.5 Å². The number of halogens is 7. The molecule has 268 valence electrons. The number of hydrogen-bond donors (Lipinski definition) is 1. The van der Waals surface area contributed by atoms with Crippen LogP contribution >= 0.6 is 0 Å². The van der Waals surface area contributed by atoms with Crippen LogP contribution in [0.25, 0.3) is 16.6 Å². The van der Waals surface area contributed by atoms with Gasteiger partial charge in [0.25, 0.3) is 5.56 Å². The molecule has 0 saturated heterocycles. The maximum absolute atomic E-state index is 14.0. The van der Waals surface area contributed by atoms with Gasteiger partial charge in [0.05, 0.1) is 41.2 Å². The number of amides is 1. The maximum atomic E-state index is 14.0. The van der Waals surface area contributed by atoms with E-state index in [4.69, 9.17) is 19.6 Å². The molecule has 1 aliphatic rings.